The molecule has 1 fully saturated rings. The van der Waals surface area contributed by atoms with Crippen molar-refractivity contribution in [1.82, 2.24) is 4.90 Å². The van der Waals surface area contributed by atoms with Crippen molar-refractivity contribution in [2.45, 2.75) is 0 Å². The molecule has 0 bridgehead atoms. The number of halogens is 3. The van der Waals surface area contributed by atoms with Gasteiger partial charge in [-0.05, 0) is 41.0 Å². The summed E-state index contributed by atoms with van der Waals surface area (Å²) in [6.45, 7) is 2.25. The molecule has 0 aliphatic carbocycles. The molecule has 0 saturated carbocycles. The van der Waals surface area contributed by atoms with Gasteiger partial charge in [0, 0.05) is 23.6 Å². The summed E-state index contributed by atoms with van der Waals surface area (Å²) < 4.78 is 6.27. The molecule has 0 atom stereocenters. The van der Waals surface area contributed by atoms with Gasteiger partial charge < -0.3 is 15.4 Å². The SMILES string of the molecule is Nc1c(Cl)cc(C(=CC(=O)N2CCOCC2)c2ccc(Br)cc2)cc1Cl. The number of hydrogen-bond donors (Lipinski definition) is 1. The molecule has 0 radical (unpaired) electrons. The predicted octanol–water partition coefficient (Wildman–Crippen LogP) is 4.63. The zero-order valence-corrected chi connectivity index (χ0v) is 16.9. The Hall–Kier alpha value is -1.53. The lowest BCUT2D eigenvalue weighted by atomic mass is 9.97. The highest BCUT2D eigenvalue weighted by atomic mass is 79.9. The molecule has 2 aromatic carbocycles. The van der Waals surface area contributed by atoms with Crippen LogP contribution in [0.4, 0.5) is 5.69 Å². The van der Waals surface area contributed by atoms with Crippen LogP contribution in [0.2, 0.25) is 10.0 Å². The first-order valence-corrected chi connectivity index (χ1v) is 9.60. The molecule has 7 heteroatoms. The van der Waals surface area contributed by atoms with E-state index in [0.29, 0.717) is 42.0 Å². The van der Waals surface area contributed by atoms with Crippen LogP contribution in [-0.2, 0) is 9.53 Å². The van der Waals surface area contributed by atoms with Crippen LogP contribution in [0.5, 0.6) is 0 Å². The van der Waals surface area contributed by atoms with Gasteiger partial charge in [0.1, 0.15) is 0 Å². The van der Waals surface area contributed by atoms with Gasteiger partial charge in [0.25, 0.3) is 0 Å². The first kappa shape index (κ1) is 19.2. The number of carbonyl (C=O) groups excluding carboxylic acids is 1. The molecule has 3 rings (SSSR count). The third-order valence-corrected chi connectivity index (χ3v) is 5.29. The fourth-order valence-electron chi connectivity index (χ4n) is 2.70. The number of amides is 1. The van der Waals surface area contributed by atoms with E-state index < -0.39 is 0 Å². The van der Waals surface area contributed by atoms with Gasteiger partial charge in [-0.1, -0.05) is 51.3 Å². The van der Waals surface area contributed by atoms with Crippen LogP contribution >= 0.6 is 39.1 Å². The lowest BCUT2D eigenvalue weighted by molar-refractivity contribution is -0.129. The van der Waals surface area contributed by atoms with E-state index in [1.165, 1.54) is 0 Å². The Morgan fingerprint density at radius 3 is 2.23 bits per heavy atom. The van der Waals surface area contributed by atoms with Crippen molar-refractivity contribution in [2.24, 2.45) is 0 Å². The van der Waals surface area contributed by atoms with E-state index in [1.54, 1.807) is 23.1 Å². The molecule has 2 aromatic rings. The summed E-state index contributed by atoms with van der Waals surface area (Å²) in [6, 6.07) is 11.2. The van der Waals surface area contributed by atoms with E-state index in [0.717, 1.165) is 21.2 Å². The van der Waals surface area contributed by atoms with Crippen LogP contribution < -0.4 is 5.73 Å². The minimum atomic E-state index is -0.0738. The van der Waals surface area contributed by atoms with E-state index >= 15 is 0 Å². The highest BCUT2D eigenvalue weighted by Gasteiger charge is 2.18. The number of hydrogen-bond acceptors (Lipinski definition) is 3. The summed E-state index contributed by atoms with van der Waals surface area (Å²) in [5, 5.41) is 0.712. The lowest BCUT2D eigenvalue weighted by Crippen LogP contribution is -2.39. The highest BCUT2D eigenvalue weighted by molar-refractivity contribution is 9.10. The molecule has 1 aliphatic rings. The third-order valence-electron chi connectivity index (χ3n) is 4.14. The van der Waals surface area contributed by atoms with Crippen molar-refractivity contribution in [1.29, 1.82) is 0 Å². The normalized spacial score (nSPS) is 15.2. The average molecular weight is 456 g/mol. The standard InChI is InChI=1S/C19H17BrCl2N2O2/c20-14-3-1-12(2-4-14)15(11-18(25)24-5-7-26-8-6-24)13-9-16(21)19(23)17(22)10-13/h1-4,9-11H,5-8,23H2. The van der Waals surface area contributed by atoms with Crippen molar-refractivity contribution in [2.75, 3.05) is 32.0 Å². The van der Waals surface area contributed by atoms with Gasteiger partial charge in [0.2, 0.25) is 5.91 Å². The third kappa shape index (κ3) is 4.41. The van der Waals surface area contributed by atoms with Crippen LogP contribution in [0.25, 0.3) is 5.57 Å². The first-order valence-electron chi connectivity index (χ1n) is 8.05. The van der Waals surface area contributed by atoms with Crippen LogP contribution in [0.15, 0.2) is 46.9 Å². The van der Waals surface area contributed by atoms with Crippen molar-refractivity contribution >= 4 is 56.3 Å². The van der Waals surface area contributed by atoms with Crippen molar-refractivity contribution < 1.29 is 9.53 Å². The Bertz CT molecular complexity index is 824. The second-order valence-electron chi connectivity index (χ2n) is 5.86. The molecule has 1 aliphatic heterocycles. The smallest absolute Gasteiger partial charge is 0.247 e. The van der Waals surface area contributed by atoms with E-state index in [9.17, 15) is 4.79 Å². The summed E-state index contributed by atoms with van der Waals surface area (Å²) in [7, 11) is 0. The van der Waals surface area contributed by atoms with Gasteiger partial charge in [-0.2, -0.15) is 0 Å². The molecule has 0 spiro atoms. The Balaban J connectivity index is 2.05. The van der Waals surface area contributed by atoms with Crippen molar-refractivity contribution in [3.05, 3.63) is 68.1 Å². The van der Waals surface area contributed by atoms with Gasteiger partial charge >= 0.3 is 0 Å². The number of rotatable bonds is 3. The van der Waals surface area contributed by atoms with Crippen LogP contribution in [0.1, 0.15) is 11.1 Å². The number of benzene rings is 2. The fourth-order valence-corrected chi connectivity index (χ4v) is 3.45. The summed E-state index contributed by atoms with van der Waals surface area (Å²) >= 11 is 15.8. The fraction of sp³-hybridized carbons (Fsp3) is 0.211. The number of anilines is 1. The number of morpholine rings is 1. The quantitative estimate of drug-likeness (QED) is 0.542. The molecule has 1 heterocycles. The van der Waals surface area contributed by atoms with Gasteiger partial charge in [0.15, 0.2) is 0 Å². The monoisotopic (exact) mass is 454 g/mol. The average Bonchev–Trinajstić information content (AvgIpc) is 2.65. The zero-order valence-electron chi connectivity index (χ0n) is 13.8. The maximum Gasteiger partial charge on any atom is 0.247 e. The van der Waals surface area contributed by atoms with E-state index in [-0.39, 0.29) is 5.91 Å². The number of ether oxygens (including phenoxy) is 1. The Labute approximate surface area is 170 Å². The summed E-state index contributed by atoms with van der Waals surface area (Å²) in [5.74, 6) is -0.0738. The molecule has 0 aromatic heterocycles. The largest absolute Gasteiger partial charge is 0.396 e. The van der Waals surface area contributed by atoms with E-state index in [2.05, 4.69) is 15.9 Å². The lowest BCUT2D eigenvalue weighted by Gasteiger charge is -2.26. The topological polar surface area (TPSA) is 55.6 Å². The molecular formula is C19H17BrCl2N2O2. The number of nitrogen functional groups attached to an aromatic ring is 1. The summed E-state index contributed by atoms with van der Waals surface area (Å²) in [6.07, 6.45) is 1.62. The summed E-state index contributed by atoms with van der Waals surface area (Å²) in [5.41, 5.74) is 8.52. The van der Waals surface area contributed by atoms with E-state index in [4.69, 9.17) is 33.7 Å². The molecule has 2 N–H and O–H groups in total. The van der Waals surface area contributed by atoms with Crippen LogP contribution in [0, 0.1) is 0 Å². The highest BCUT2D eigenvalue weighted by Crippen LogP contribution is 2.34. The molecule has 136 valence electrons. The maximum atomic E-state index is 12.8. The van der Waals surface area contributed by atoms with Crippen molar-refractivity contribution in [3.8, 4) is 0 Å². The summed E-state index contributed by atoms with van der Waals surface area (Å²) in [4.78, 5) is 14.5. The Morgan fingerprint density at radius 2 is 1.65 bits per heavy atom. The Kier molecular flexibility index (Phi) is 6.24. The number of carbonyl (C=O) groups is 1. The number of nitrogens with two attached hydrogens (primary N) is 1. The minimum absolute atomic E-state index is 0.0738. The Morgan fingerprint density at radius 1 is 1.08 bits per heavy atom. The van der Waals surface area contributed by atoms with Crippen LogP contribution in [-0.4, -0.2) is 37.1 Å². The molecule has 0 unspecified atom stereocenters. The molecule has 4 nitrogen and oxygen atoms in total. The van der Waals surface area contributed by atoms with Gasteiger partial charge in [-0.3, -0.25) is 4.79 Å². The second kappa shape index (κ2) is 8.44. The van der Waals surface area contributed by atoms with Gasteiger partial charge in [0.05, 0.1) is 28.9 Å². The minimum Gasteiger partial charge on any atom is -0.396 e. The molecular weight excluding hydrogens is 439 g/mol. The number of nitrogens with zero attached hydrogens (tertiary/aromatic N) is 1. The first-order chi connectivity index (χ1) is 12.5. The second-order valence-corrected chi connectivity index (χ2v) is 7.59. The molecule has 1 amide bonds. The van der Waals surface area contributed by atoms with Gasteiger partial charge in [-0.25, -0.2) is 0 Å². The van der Waals surface area contributed by atoms with Crippen molar-refractivity contribution in [3.63, 3.8) is 0 Å². The molecule has 26 heavy (non-hydrogen) atoms. The van der Waals surface area contributed by atoms with Crippen LogP contribution in [0.3, 0.4) is 0 Å². The predicted molar refractivity (Wildman–Crippen MR) is 109 cm³/mol. The molecule has 1 saturated heterocycles. The van der Waals surface area contributed by atoms with Gasteiger partial charge in [-0.15, -0.1) is 0 Å². The zero-order chi connectivity index (χ0) is 18.7. The maximum absolute atomic E-state index is 12.8. The van der Waals surface area contributed by atoms with E-state index in [1.807, 2.05) is 24.3 Å².